The molecule has 2 N–H and O–H groups in total. The van der Waals surface area contributed by atoms with E-state index in [1.807, 2.05) is 7.05 Å². The highest BCUT2D eigenvalue weighted by atomic mass is 16.2. The van der Waals surface area contributed by atoms with Crippen molar-refractivity contribution in [3.05, 3.63) is 17.7 Å². The Morgan fingerprint density at radius 1 is 1.42 bits per heavy atom. The first-order valence-electron chi connectivity index (χ1n) is 7.26. The van der Waals surface area contributed by atoms with Crippen LogP contribution in [0.1, 0.15) is 43.5 Å². The molecule has 19 heavy (non-hydrogen) atoms. The highest BCUT2D eigenvalue weighted by Crippen LogP contribution is 2.21. The molecule has 104 valence electrons. The highest BCUT2D eigenvalue weighted by molar-refractivity contribution is 5.82. The summed E-state index contributed by atoms with van der Waals surface area (Å²) in [5.41, 5.74) is 2.19. The van der Waals surface area contributed by atoms with Gasteiger partial charge in [-0.2, -0.15) is 0 Å². The van der Waals surface area contributed by atoms with E-state index in [2.05, 4.69) is 20.2 Å². The number of fused-ring (bicyclic) bond motifs is 1. The van der Waals surface area contributed by atoms with Gasteiger partial charge < -0.3 is 10.3 Å². The second kappa shape index (κ2) is 5.33. The van der Waals surface area contributed by atoms with E-state index in [0.717, 1.165) is 30.8 Å². The normalized spacial score (nSPS) is 25.0. The zero-order chi connectivity index (χ0) is 13.2. The van der Waals surface area contributed by atoms with Gasteiger partial charge in [-0.05, 0) is 19.9 Å². The van der Waals surface area contributed by atoms with Crippen LogP contribution in [-0.4, -0.2) is 39.9 Å². The van der Waals surface area contributed by atoms with Crippen molar-refractivity contribution in [3.8, 4) is 0 Å². The van der Waals surface area contributed by atoms with Crippen molar-refractivity contribution in [1.82, 2.24) is 20.2 Å². The van der Waals surface area contributed by atoms with Gasteiger partial charge in [0.1, 0.15) is 0 Å². The van der Waals surface area contributed by atoms with Crippen LogP contribution in [0.5, 0.6) is 0 Å². The molecule has 0 unspecified atom stereocenters. The summed E-state index contributed by atoms with van der Waals surface area (Å²) < 4.78 is 0. The third-order valence-electron chi connectivity index (χ3n) is 4.39. The van der Waals surface area contributed by atoms with Gasteiger partial charge in [0, 0.05) is 19.0 Å². The Labute approximate surface area is 113 Å². The molecule has 0 aromatic carbocycles. The van der Waals surface area contributed by atoms with Crippen molar-refractivity contribution in [2.45, 2.75) is 57.2 Å². The van der Waals surface area contributed by atoms with Gasteiger partial charge in [-0.15, -0.1) is 0 Å². The number of carbonyl (C=O) groups is 1. The highest BCUT2D eigenvalue weighted by Gasteiger charge is 2.31. The van der Waals surface area contributed by atoms with Gasteiger partial charge in [-0.3, -0.25) is 9.69 Å². The number of aromatic amines is 1. The molecule has 1 fully saturated rings. The molecule has 0 spiro atoms. The summed E-state index contributed by atoms with van der Waals surface area (Å²) in [6.45, 7) is 0.776. The molecule has 1 aromatic heterocycles. The van der Waals surface area contributed by atoms with Crippen molar-refractivity contribution < 1.29 is 4.79 Å². The summed E-state index contributed by atoms with van der Waals surface area (Å²) >= 11 is 0. The summed E-state index contributed by atoms with van der Waals surface area (Å²) in [5, 5.41) is 3.22. The van der Waals surface area contributed by atoms with Crippen molar-refractivity contribution >= 4 is 5.91 Å². The minimum atomic E-state index is -0.0715. The molecule has 0 saturated heterocycles. The number of hydrogen-bond donors (Lipinski definition) is 2. The number of carbonyl (C=O) groups excluding carboxylic acids is 1. The second-order valence-electron chi connectivity index (χ2n) is 5.81. The maximum atomic E-state index is 12.4. The molecule has 5 heteroatoms. The van der Waals surface area contributed by atoms with Crippen molar-refractivity contribution in [1.29, 1.82) is 0 Å². The number of hydrogen-bond acceptors (Lipinski definition) is 3. The Bertz CT molecular complexity index is 450. The number of amides is 1. The van der Waals surface area contributed by atoms with Gasteiger partial charge in [0.2, 0.25) is 5.91 Å². The minimum absolute atomic E-state index is 0.0715. The quantitative estimate of drug-likeness (QED) is 0.842. The Balaban J connectivity index is 1.63. The Hall–Kier alpha value is -1.36. The lowest BCUT2D eigenvalue weighted by atomic mass is 9.94. The summed E-state index contributed by atoms with van der Waals surface area (Å²) in [4.78, 5) is 22.0. The largest absolute Gasteiger partial charge is 0.352 e. The standard InChI is InChI=1S/C14H22N4O/c1-18-8-12-11(15-9-16-12)7-13(18)14(19)17-10-5-3-2-4-6-10/h9-10,13H,2-8H2,1H3,(H,15,16)(H,17,19)/t13-/m0/s1. The molecule has 1 aliphatic heterocycles. The Kier molecular flexibility index (Phi) is 3.55. The van der Waals surface area contributed by atoms with E-state index >= 15 is 0 Å². The lowest BCUT2D eigenvalue weighted by molar-refractivity contribution is -0.127. The molecule has 3 rings (SSSR count). The molecule has 2 heterocycles. The molecule has 5 nitrogen and oxygen atoms in total. The van der Waals surface area contributed by atoms with E-state index in [0.29, 0.717) is 12.5 Å². The number of aromatic nitrogens is 2. The number of H-pyrrole nitrogens is 1. The van der Waals surface area contributed by atoms with Crippen LogP contribution < -0.4 is 5.32 Å². The number of rotatable bonds is 2. The molecule has 1 aliphatic carbocycles. The number of nitrogens with one attached hydrogen (secondary N) is 2. The maximum Gasteiger partial charge on any atom is 0.237 e. The Morgan fingerprint density at radius 2 is 2.21 bits per heavy atom. The van der Waals surface area contributed by atoms with Gasteiger partial charge in [-0.1, -0.05) is 19.3 Å². The zero-order valence-electron chi connectivity index (χ0n) is 11.5. The van der Waals surface area contributed by atoms with E-state index in [1.54, 1.807) is 6.33 Å². The summed E-state index contributed by atoms with van der Waals surface area (Å²) in [5.74, 6) is 0.169. The lowest BCUT2D eigenvalue weighted by Gasteiger charge is -2.32. The average molecular weight is 262 g/mol. The van der Waals surface area contributed by atoms with Gasteiger partial charge >= 0.3 is 0 Å². The molecule has 1 atom stereocenters. The summed E-state index contributed by atoms with van der Waals surface area (Å²) in [6.07, 6.45) is 8.51. The smallest absolute Gasteiger partial charge is 0.237 e. The number of imidazole rings is 1. The van der Waals surface area contributed by atoms with E-state index in [9.17, 15) is 4.79 Å². The fraction of sp³-hybridized carbons (Fsp3) is 0.714. The first kappa shape index (κ1) is 12.7. The maximum absolute atomic E-state index is 12.4. The van der Waals surface area contributed by atoms with Gasteiger partial charge in [0.05, 0.1) is 23.8 Å². The molecule has 1 aromatic rings. The molecule has 1 amide bonds. The van der Waals surface area contributed by atoms with Crippen molar-refractivity contribution in [2.75, 3.05) is 7.05 Å². The Morgan fingerprint density at radius 3 is 3.00 bits per heavy atom. The van der Waals surface area contributed by atoms with E-state index < -0.39 is 0 Å². The van der Waals surface area contributed by atoms with Gasteiger partial charge in [0.15, 0.2) is 0 Å². The first-order chi connectivity index (χ1) is 9.24. The molecular weight excluding hydrogens is 240 g/mol. The lowest BCUT2D eigenvalue weighted by Crippen LogP contribution is -2.51. The molecule has 0 bridgehead atoms. The topological polar surface area (TPSA) is 61.0 Å². The van der Waals surface area contributed by atoms with Crippen LogP contribution in [0.2, 0.25) is 0 Å². The predicted molar refractivity (Wildman–Crippen MR) is 72.6 cm³/mol. The SMILES string of the molecule is CN1Cc2[nH]cnc2C[C@H]1C(=O)NC1CCCCC1. The minimum Gasteiger partial charge on any atom is -0.352 e. The van der Waals surface area contributed by atoms with Crippen LogP contribution in [0.25, 0.3) is 0 Å². The van der Waals surface area contributed by atoms with Gasteiger partial charge in [-0.25, -0.2) is 4.98 Å². The third-order valence-corrected chi connectivity index (χ3v) is 4.39. The molecule has 1 saturated carbocycles. The monoisotopic (exact) mass is 262 g/mol. The predicted octanol–water partition coefficient (Wildman–Crippen LogP) is 1.22. The second-order valence-corrected chi connectivity index (χ2v) is 5.81. The van der Waals surface area contributed by atoms with Crippen LogP contribution in [-0.2, 0) is 17.8 Å². The van der Waals surface area contributed by atoms with Crippen LogP contribution in [0, 0.1) is 0 Å². The van der Waals surface area contributed by atoms with Crippen molar-refractivity contribution in [2.24, 2.45) is 0 Å². The van der Waals surface area contributed by atoms with Crippen LogP contribution in [0.4, 0.5) is 0 Å². The fourth-order valence-corrected chi connectivity index (χ4v) is 3.20. The van der Waals surface area contributed by atoms with Gasteiger partial charge in [0.25, 0.3) is 0 Å². The van der Waals surface area contributed by atoms with Crippen LogP contribution in [0.15, 0.2) is 6.33 Å². The van der Waals surface area contributed by atoms with Crippen molar-refractivity contribution in [3.63, 3.8) is 0 Å². The zero-order valence-corrected chi connectivity index (χ0v) is 11.5. The number of likely N-dealkylation sites (N-methyl/N-ethyl adjacent to an activating group) is 1. The molecule has 2 aliphatic rings. The summed E-state index contributed by atoms with van der Waals surface area (Å²) in [6, 6.07) is 0.313. The third kappa shape index (κ3) is 2.66. The summed E-state index contributed by atoms with van der Waals surface area (Å²) in [7, 11) is 2.01. The number of nitrogens with zero attached hydrogens (tertiary/aromatic N) is 2. The van der Waals surface area contributed by atoms with Crippen LogP contribution >= 0.6 is 0 Å². The van der Waals surface area contributed by atoms with E-state index in [4.69, 9.17) is 0 Å². The van der Waals surface area contributed by atoms with E-state index in [1.165, 1.54) is 19.3 Å². The average Bonchev–Trinajstić information content (AvgIpc) is 2.86. The van der Waals surface area contributed by atoms with Crippen LogP contribution in [0.3, 0.4) is 0 Å². The van der Waals surface area contributed by atoms with E-state index in [-0.39, 0.29) is 11.9 Å². The molecular formula is C14H22N4O. The first-order valence-corrected chi connectivity index (χ1v) is 7.26. The molecule has 0 radical (unpaired) electrons. The fourth-order valence-electron chi connectivity index (χ4n) is 3.20.